The van der Waals surface area contributed by atoms with Crippen molar-refractivity contribution in [2.24, 2.45) is 11.3 Å². The first kappa shape index (κ1) is 18.2. The van der Waals surface area contributed by atoms with E-state index in [9.17, 15) is 4.79 Å². The van der Waals surface area contributed by atoms with E-state index < -0.39 is 0 Å². The van der Waals surface area contributed by atoms with Gasteiger partial charge in [-0.15, -0.1) is 0 Å². The second-order valence-corrected chi connectivity index (χ2v) is 8.18. The second-order valence-electron chi connectivity index (χ2n) is 8.18. The Balaban J connectivity index is 1.55. The molecule has 2 heterocycles. The number of rotatable bonds is 7. The summed E-state index contributed by atoms with van der Waals surface area (Å²) in [5, 5.41) is 3.11. The molecule has 4 rings (SSSR count). The molecule has 1 aliphatic carbocycles. The van der Waals surface area contributed by atoms with Crippen LogP contribution in [0.15, 0.2) is 48.8 Å². The minimum Gasteiger partial charge on any atom is -0.356 e. The van der Waals surface area contributed by atoms with Crippen molar-refractivity contribution < 1.29 is 4.79 Å². The number of hydrogen-bond acceptors (Lipinski definition) is 3. The molecule has 1 aliphatic heterocycles. The summed E-state index contributed by atoms with van der Waals surface area (Å²) in [6.07, 6.45) is 8.12. The fourth-order valence-corrected chi connectivity index (χ4v) is 4.33. The van der Waals surface area contributed by atoms with Crippen LogP contribution < -0.4 is 5.32 Å². The van der Waals surface area contributed by atoms with Crippen LogP contribution in [0.25, 0.3) is 11.1 Å². The molecule has 0 radical (unpaired) electrons. The van der Waals surface area contributed by atoms with Crippen molar-refractivity contribution >= 4 is 5.91 Å². The molecule has 2 aliphatic rings. The lowest BCUT2D eigenvalue weighted by Gasteiger charge is -2.28. The maximum Gasteiger partial charge on any atom is 0.227 e. The molecule has 1 aromatic carbocycles. The number of nitrogens with zero attached hydrogens (tertiary/aromatic N) is 2. The van der Waals surface area contributed by atoms with Crippen LogP contribution in [0, 0.1) is 11.3 Å². The first-order valence-corrected chi connectivity index (χ1v) is 10.2. The standard InChI is InChI=1S/C23H29N3O/c1-2-25-22(27)23(10-13-26(17-23)16-18-6-7-18)15-19-4-3-5-21(14-19)20-8-11-24-12-9-20/h3-5,8-9,11-12,14,18H,2,6-7,10,13,15-17H2,1H3,(H,25,27)/t23-/m0/s1. The van der Waals surface area contributed by atoms with Crippen LogP contribution in [-0.4, -0.2) is 42.0 Å². The first-order valence-electron chi connectivity index (χ1n) is 10.2. The van der Waals surface area contributed by atoms with Crippen LogP contribution in [0.4, 0.5) is 0 Å². The topological polar surface area (TPSA) is 45.2 Å². The van der Waals surface area contributed by atoms with Gasteiger partial charge in [0.2, 0.25) is 5.91 Å². The summed E-state index contributed by atoms with van der Waals surface area (Å²) in [6, 6.07) is 12.7. The van der Waals surface area contributed by atoms with Gasteiger partial charge < -0.3 is 10.2 Å². The summed E-state index contributed by atoms with van der Waals surface area (Å²) < 4.78 is 0. The molecule has 27 heavy (non-hydrogen) atoms. The van der Waals surface area contributed by atoms with Crippen molar-refractivity contribution in [3.05, 3.63) is 54.4 Å². The zero-order valence-electron chi connectivity index (χ0n) is 16.2. The highest BCUT2D eigenvalue weighted by atomic mass is 16.2. The highest BCUT2D eigenvalue weighted by Crippen LogP contribution is 2.38. The van der Waals surface area contributed by atoms with E-state index in [2.05, 4.69) is 39.5 Å². The molecular weight excluding hydrogens is 334 g/mol. The maximum atomic E-state index is 13.0. The normalized spacial score (nSPS) is 22.7. The van der Waals surface area contributed by atoms with Crippen LogP contribution in [0.5, 0.6) is 0 Å². The molecule has 1 saturated heterocycles. The van der Waals surface area contributed by atoms with Crippen LogP contribution in [0.1, 0.15) is 31.7 Å². The van der Waals surface area contributed by atoms with Gasteiger partial charge >= 0.3 is 0 Å². The lowest BCUT2D eigenvalue weighted by molar-refractivity contribution is -0.130. The number of benzene rings is 1. The highest BCUT2D eigenvalue weighted by Gasteiger charge is 2.45. The van der Waals surface area contributed by atoms with Crippen molar-refractivity contribution in [3.8, 4) is 11.1 Å². The average molecular weight is 364 g/mol. The number of amides is 1. The largest absolute Gasteiger partial charge is 0.356 e. The number of carbonyl (C=O) groups is 1. The smallest absolute Gasteiger partial charge is 0.227 e. The van der Waals surface area contributed by atoms with E-state index in [1.165, 1.54) is 29.5 Å². The summed E-state index contributed by atoms with van der Waals surface area (Å²) in [6.45, 7) is 5.79. The van der Waals surface area contributed by atoms with E-state index >= 15 is 0 Å². The Morgan fingerprint density at radius 2 is 2.04 bits per heavy atom. The van der Waals surface area contributed by atoms with E-state index in [0.717, 1.165) is 38.4 Å². The predicted molar refractivity (Wildman–Crippen MR) is 108 cm³/mol. The highest BCUT2D eigenvalue weighted by molar-refractivity contribution is 5.83. The maximum absolute atomic E-state index is 13.0. The number of likely N-dealkylation sites (tertiary alicyclic amines) is 1. The molecular formula is C23H29N3O. The van der Waals surface area contributed by atoms with E-state index in [0.29, 0.717) is 6.54 Å². The molecule has 1 saturated carbocycles. The minimum atomic E-state index is -0.304. The van der Waals surface area contributed by atoms with Gasteiger partial charge in [0.05, 0.1) is 5.41 Å². The molecule has 142 valence electrons. The molecule has 0 unspecified atom stereocenters. The number of hydrogen-bond donors (Lipinski definition) is 1. The molecule has 0 spiro atoms. The summed E-state index contributed by atoms with van der Waals surface area (Å²) in [4.78, 5) is 19.7. The zero-order chi connectivity index (χ0) is 18.7. The molecule has 2 fully saturated rings. The molecule has 4 nitrogen and oxygen atoms in total. The fourth-order valence-electron chi connectivity index (χ4n) is 4.33. The monoisotopic (exact) mass is 363 g/mol. The van der Waals surface area contributed by atoms with Crippen molar-refractivity contribution in [2.75, 3.05) is 26.2 Å². The lowest BCUT2D eigenvalue weighted by atomic mass is 9.79. The van der Waals surface area contributed by atoms with Gasteiger partial charge in [0.25, 0.3) is 0 Å². The quantitative estimate of drug-likeness (QED) is 0.818. The van der Waals surface area contributed by atoms with Gasteiger partial charge in [0.15, 0.2) is 0 Å². The van der Waals surface area contributed by atoms with Crippen LogP contribution in [-0.2, 0) is 11.2 Å². The van der Waals surface area contributed by atoms with Gasteiger partial charge in [-0.3, -0.25) is 9.78 Å². The Morgan fingerprint density at radius 1 is 1.22 bits per heavy atom. The van der Waals surface area contributed by atoms with Gasteiger partial charge in [0.1, 0.15) is 0 Å². The van der Waals surface area contributed by atoms with Crippen molar-refractivity contribution in [1.29, 1.82) is 0 Å². The summed E-state index contributed by atoms with van der Waals surface area (Å²) in [5.74, 6) is 1.09. The Bertz CT molecular complexity index is 787. The number of aromatic nitrogens is 1. The summed E-state index contributed by atoms with van der Waals surface area (Å²) >= 11 is 0. The molecule has 4 heteroatoms. The SMILES string of the molecule is CCNC(=O)[C@]1(Cc2cccc(-c3ccncc3)c2)CCN(CC2CC2)C1. The third kappa shape index (κ3) is 4.22. The third-order valence-electron chi connectivity index (χ3n) is 5.95. The van der Waals surface area contributed by atoms with Crippen LogP contribution >= 0.6 is 0 Å². The van der Waals surface area contributed by atoms with Gasteiger partial charge in [-0.25, -0.2) is 0 Å². The number of pyridine rings is 1. The zero-order valence-corrected chi connectivity index (χ0v) is 16.2. The van der Waals surface area contributed by atoms with Crippen LogP contribution in [0.3, 0.4) is 0 Å². The number of carbonyl (C=O) groups excluding carboxylic acids is 1. The molecule has 1 amide bonds. The summed E-state index contributed by atoms with van der Waals surface area (Å²) in [5.41, 5.74) is 3.29. The van der Waals surface area contributed by atoms with E-state index in [4.69, 9.17) is 0 Å². The summed E-state index contributed by atoms with van der Waals surface area (Å²) in [7, 11) is 0. The Labute approximate surface area is 162 Å². The minimum absolute atomic E-state index is 0.220. The molecule has 1 N–H and O–H groups in total. The second kappa shape index (κ2) is 7.81. The van der Waals surface area contributed by atoms with Gasteiger partial charge in [-0.2, -0.15) is 0 Å². The van der Waals surface area contributed by atoms with Crippen molar-refractivity contribution in [2.45, 2.75) is 32.6 Å². The molecule has 0 bridgehead atoms. The Hall–Kier alpha value is -2.20. The third-order valence-corrected chi connectivity index (χ3v) is 5.95. The van der Waals surface area contributed by atoms with Gasteiger partial charge in [-0.05, 0) is 73.9 Å². The molecule has 1 atom stereocenters. The molecule has 1 aromatic heterocycles. The Kier molecular flexibility index (Phi) is 5.26. The van der Waals surface area contributed by atoms with E-state index in [1.54, 1.807) is 0 Å². The average Bonchev–Trinajstić information content (AvgIpc) is 3.42. The molecule has 2 aromatic rings. The fraction of sp³-hybridized carbons (Fsp3) is 0.478. The predicted octanol–water partition coefficient (Wildman–Crippen LogP) is 3.53. The van der Waals surface area contributed by atoms with Crippen molar-refractivity contribution in [3.63, 3.8) is 0 Å². The van der Waals surface area contributed by atoms with E-state index in [-0.39, 0.29) is 11.3 Å². The van der Waals surface area contributed by atoms with Crippen molar-refractivity contribution in [1.82, 2.24) is 15.2 Å². The van der Waals surface area contributed by atoms with Gasteiger partial charge in [0, 0.05) is 32.0 Å². The van der Waals surface area contributed by atoms with E-state index in [1.807, 2.05) is 31.5 Å². The lowest BCUT2D eigenvalue weighted by Crippen LogP contribution is -2.44. The number of nitrogens with one attached hydrogen (secondary N) is 1. The first-order chi connectivity index (χ1) is 13.2. The Morgan fingerprint density at radius 3 is 2.78 bits per heavy atom. The van der Waals surface area contributed by atoms with Crippen LogP contribution in [0.2, 0.25) is 0 Å². The van der Waals surface area contributed by atoms with Gasteiger partial charge in [-0.1, -0.05) is 24.3 Å².